The molecule has 0 amide bonds. The Morgan fingerprint density at radius 3 is 2.76 bits per heavy atom. The second kappa shape index (κ2) is 10.6. The van der Waals surface area contributed by atoms with E-state index in [2.05, 4.69) is 15.6 Å². The third-order valence-corrected chi connectivity index (χ3v) is 5.86. The Hall–Kier alpha value is -0.450. The van der Waals surface area contributed by atoms with Crippen LogP contribution in [-0.2, 0) is 9.84 Å². The molecule has 1 saturated heterocycles. The maximum Gasteiger partial charge on any atom is 0.191 e. The molecule has 142 valence electrons. The summed E-state index contributed by atoms with van der Waals surface area (Å²) in [5, 5.41) is 7.32. The number of ether oxygens (including phenoxy) is 1. The lowest BCUT2D eigenvalue weighted by Gasteiger charge is -2.16. The van der Waals surface area contributed by atoms with Gasteiger partial charge < -0.3 is 15.4 Å². The monoisotopic (exact) mass is 521 g/mol. The Kier molecular flexibility index (Phi) is 9.61. The largest absolute Gasteiger partial charge is 0.492 e. The van der Waals surface area contributed by atoms with Crippen molar-refractivity contribution in [2.75, 3.05) is 31.7 Å². The van der Waals surface area contributed by atoms with Crippen molar-refractivity contribution >= 4 is 63.0 Å². The Morgan fingerprint density at radius 1 is 1.40 bits per heavy atom. The predicted molar refractivity (Wildman–Crippen MR) is 114 cm³/mol. The van der Waals surface area contributed by atoms with Gasteiger partial charge in [0.1, 0.15) is 5.75 Å². The number of aliphatic imine (C=N–C) groups is 1. The third kappa shape index (κ3) is 7.76. The summed E-state index contributed by atoms with van der Waals surface area (Å²) in [5.41, 5.74) is 0. The van der Waals surface area contributed by atoms with Gasteiger partial charge in [-0.25, -0.2) is 8.42 Å². The molecule has 2 rings (SSSR count). The minimum absolute atomic E-state index is 0. The molecule has 0 aliphatic carbocycles. The molecule has 1 aromatic rings. The van der Waals surface area contributed by atoms with E-state index in [0.717, 1.165) is 6.42 Å². The van der Waals surface area contributed by atoms with Gasteiger partial charge >= 0.3 is 0 Å². The van der Waals surface area contributed by atoms with Crippen LogP contribution in [0.4, 0.5) is 0 Å². The molecular weight excluding hydrogens is 500 g/mol. The highest BCUT2D eigenvalue weighted by Crippen LogP contribution is 2.27. The van der Waals surface area contributed by atoms with Crippen LogP contribution in [0.25, 0.3) is 0 Å². The summed E-state index contributed by atoms with van der Waals surface area (Å²) >= 11 is 11.9. The molecule has 1 aromatic carbocycles. The van der Waals surface area contributed by atoms with Crippen LogP contribution in [0.1, 0.15) is 12.8 Å². The molecule has 1 aliphatic heterocycles. The van der Waals surface area contributed by atoms with Crippen LogP contribution in [0.15, 0.2) is 23.2 Å². The molecule has 0 spiro atoms. The molecule has 2 N–H and O–H groups in total. The first-order valence-electron chi connectivity index (χ1n) is 7.65. The Balaban J connectivity index is 0.00000312. The average Bonchev–Trinajstić information content (AvgIpc) is 2.86. The van der Waals surface area contributed by atoms with E-state index >= 15 is 0 Å². The third-order valence-electron chi connectivity index (χ3n) is 3.56. The first-order valence-corrected chi connectivity index (χ1v) is 10.2. The molecular formula is C15H22Cl2IN3O3S. The second-order valence-corrected chi connectivity index (χ2v) is 8.59. The Bertz CT molecular complexity index is 701. The molecule has 0 bridgehead atoms. The Morgan fingerprint density at radius 2 is 2.16 bits per heavy atom. The normalized spacial score (nSPS) is 19.2. The highest BCUT2D eigenvalue weighted by atomic mass is 127. The van der Waals surface area contributed by atoms with Crippen molar-refractivity contribution in [1.29, 1.82) is 0 Å². The lowest BCUT2D eigenvalue weighted by molar-refractivity contribution is 0.311. The summed E-state index contributed by atoms with van der Waals surface area (Å²) in [6, 6.07) is 5.02. The molecule has 0 aromatic heterocycles. The van der Waals surface area contributed by atoms with E-state index < -0.39 is 9.84 Å². The van der Waals surface area contributed by atoms with Gasteiger partial charge in [-0.1, -0.05) is 23.2 Å². The number of rotatable bonds is 6. The zero-order chi connectivity index (χ0) is 17.6. The smallest absolute Gasteiger partial charge is 0.191 e. The van der Waals surface area contributed by atoms with Gasteiger partial charge in [-0.15, -0.1) is 24.0 Å². The number of sulfone groups is 1. The number of hydrogen-bond donors (Lipinski definition) is 2. The molecule has 1 fully saturated rings. The molecule has 0 radical (unpaired) electrons. The van der Waals surface area contributed by atoms with E-state index in [1.54, 1.807) is 25.2 Å². The first-order chi connectivity index (χ1) is 11.4. The van der Waals surface area contributed by atoms with E-state index in [-0.39, 0.29) is 41.5 Å². The van der Waals surface area contributed by atoms with Gasteiger partial charge in [-0.3, -0.25) is 4.99 Å². The average molecular weight is 522 g/mol. The lowest BCUT2D eigenvalue weighted by Crippen LogP contribution is -2.44. The molecule has 25 heavy (non-hydrogen) atoms. The van der Waals surface area contributed by atoms with Gasteiger partial charge in [0.05, 0.1) is 23.1 Å². The number of nitrogens with one attached hydrogen (secondary N) is 2. The number of hydrogen-bond acceptors (Lipinski definition) is 4. The minimum Gasteiger partial charge on any atom is -0.492 e. The number of nitrogens with zero attached hydrogens (tertiary/aromatic N) is 1. The van der Waals surface area contributed by atoms with Gasteiger partial charge in [-0.05, 0) is 31.0 Å². The fraction of sp³-hybridized carbons (Fsp3) is 0.533. The highest BCUT2D eigenvalue weighted by molar-refractivity contribution is 14.0. The van der Waals surface area contributed by atoms with Crippen molar-refractivity contribution in [3.8, 4) is 5.75 Å². The minimum atomic E-state index is -2.90. The lowest BCUT2D eigenvalue weighted by atomic mass is 10.3. The molecule has 1 unspecified atom stereocenters. The number of benzene rings is 1. The molecule has 1 atom stereocenters. The summed E-state index contributed by atoms with van der Waals surface area (Å²) in [4.78, 5) is 4.10. The SMILES string of the molecule is CN=C(NCCCOc1ccc(Cl)cc1Cl)NC1CCS(=O)(=O)C1.I. The predicted octanol–water partition coefficient (Wildman–Crippen LogP) is 2.73. The Labute approximate surface area is 175 Å². The van der Waals surface area contributed by atoms with Crippen LogP contribution >= 0.6 is 47.2 Å². The van der Waals surface area contributed by atoms with Crippen LogP contribution in [-0.4, -0.2) is 52.1 Å². The van der Waals surface area contributed by atoms with Gasteiger partial charge in [0.2, 0.25) is 0 Å². The fourth-order valence-electron chi connectivity index (χ4n) is 2.35. The van der Waals surface area contributed by atoms with E-state index in [1.807, 2.05) is 0 Å². The summed E-state index contributed by atoms with van der Waals surface area (Å²) in [6.07, 6.45) is 1.35. The summed E-state index contributed by atoms with van der Waals surface area (Å²) in [6.45, 7) is 1.13. The molecule has 0 saturated carbocycles. The summed E-state index contributed by atoms with van der Waals surface area (Å²) < 4.78 is 28.5. The van der Waals surface area contributed by atoms with Crippen molar-refractivity contribution in [3.05, 3.63) is 28.2 Å². The maximum absolute atomic E-state index is 11.5. The topological polar surface area (TPSA) is 79.8 Å². The van der Waals surface area contributed by atoms with Gasteiger partial charge in [0.15, 0.2) is 15.8 Å². The summed E-state index contributed by atoms with van der Waals surface area (Å²) in [7, 11) is -1.25. The van der Waals surface area contributed by atoms with E-state index in [0.29, 0.717) is 41.3 Å². The van der Waals surface area contributed by atoms with Crippen LogP contribution < -0.4 is 15.4 Å². The quantitative estimate of drug-likeness (QED) is 0.260. The standard InChI is InChI=1S/C15H21Cl2N3O3S.HI/c1-18-15(20-12-5-8-24(21,22)10-12)19-6-2-7-23-14-4-3-11(16)9-13(14)17;/h3-4,9,12H,2,5-8,10H2,1H3,(H2,18,19,20);1H. The second-order valence-electron chi connectivity index (χ2n) is 5.52. The van der Waals surface area contributed by atoms with Crippen LogP contribution in [0.3, 0.4) is 0 Å². The zero-order valence-electron chi connectivity index (χ0n) is 13.8. The van der Waals surface area contributed by atoms with Crippen LogP contribution in [0, 0.1) is 0 Å². The van der Waals surface area contributed by atoms with Gasteiger partial charge in [0, 0.05) is 24.7 Å². The molecule has 10 heteroatoms. The van der Waals surface area contributed by atoms with Crippen molar-refractivity contribution in [1.82, 2.24) is 10.6 Å². The van der Waals surface area contributed by atoms with Crippen molar-refractivity contribution in [2.24, 2.45) is 4.99 Å². The first kappa shape index (κ1) is 22.6. The van der Waals surface area contributed by atoms with Crippen molar-refractivity contribution in [3.63, 3.8) is 0 Å². The molecule has 1 aliphatic rings. The van der Waals surface area contributed by atoms with Gasteiger partial charge in [0.25, 0.3) is 0 Å². The van der Waals surface area contributed by atoms with E-state index in [4.69, 9.17) is 27.9 Å². The molecule has 6 nitrogen and oxygen atoms in total. The van der Waals surface area contributed by atoms with E-state index in [9.17, 15) is 8.42 Å². The highest BCUT2D eigenvalue weighted by Gasteiger charge is 2.28. The van der Waals surface area contributed by atoms with Crippen LogP contribution in [0.5, 0.6) is 5.75 Å². The molecule has 1 heterocycles. The summed E-state index contributed by atoms with van der Waals surface area (Å²) in [5.74, 6) is 1.59. The van der Waals surface area contributed by atoms with Gasteiger partial charge in [-0.2, -0.15) is 0 Å². The zero-order valence-corrected chi connectivity index (χ0v) is 18.5. The number of halogens is 3. The van der Waals surface area contributed by atoms with Crippen LogP contribution in [0.2, 0.25) is 10.0 Å². The fourth-order valence-corrected chi connectivity index (χ4v) is 4.49. The number of guanidine groups is 1. The van der Waals surface area contributed by atoms with Crippen molar-refractivity contribution in [2.45, 2.75) is 18.9 Å². The van der Waals surface area contributed by atoms with Crippen molar-refractivity contribution < 1.29 is 13.2 Å². The van der Waals surface area contributed by atoms with E-state index in [1.165, 1.54) is 0 Å². The maximum atomic E-state index is 11.5.